The van der Waals surface area contributed by atoms with Crippen LogP contribution in [-0.4, -0.2) is 30.2 Å². The summed E-state index contributed by atoms with van der Waals surface area (Å²) < 4.78 is 5.00. The molecule has 2 aromatic rings. The molecule has 0 spiro atoms. The molecule has 0 atom stereocenters. The molecule has 0 fully saturated rings. The number of rotatable bonds is 7. The Kier molecular flexibility index (Phi) is 5.98. The van der Waals surface area contributed by atoms with Gasteiger partial charge in [-0.2, -0.15) is 0 Å². The van der Waals surface area contributed by atoms with Gasteiger partial charge in [-0.3, -0.25) is 4.79 Å². The molecule has 2 N–H and O–H groups in total. The van der Waals surface area contributed by atoms with Gasteiger partial charge in [-0.25, -0.2) is 4.98 Å². The van der Waals surface area contributed by atoms with Crippen molar-refractivity contribution in [1.29, 1.82) is 0 Å². The average Bonchev–Trinajstić information content (AvgIpc) is 2.45. The number of aryl methyl sites for hydroxylation is 1. The van der Waals surface area contributed by atoms with Crippen LogP contribution in [0.4, 0.5) is 0 Å². The predicted octanol–water partition coefficient (Wildman–Crippen LogP) is 1.97. The largest absolute Gasteiger partial charge is 0.383 e. The van der Waals surface area contributed by atoms with E-state index < -0.39 is 0 Å². The molecule has 6 heteroatoms. The summed E-state index contributed by atoms with van der Waals surface area (Å²) in [7, 11) is 1.70. The van der Waals surface area contributed by atoms with Crippen molar-refractivity contribution in [3.63, 3.8) is 0 Å². The van der Waals surface area contributed by atoms with Crippen LogP contribution in [-0.2, 0) is 11.3 Å². The molecule has 1 aromatic heterocycles. The van der Waals surface area contributed by atoms with Crippen molar-refractivity contribution in [3.05, 3.63) is 51.9 Å². The van der Waals surface area contributed by atoms with Gasteiger partial charge in [0.25, 0.3) is 5.56 Å². The molecule has 0 saturated heterocycles. The Morgan fingerprint density at radius 3 is 2.95 bits per heavy atom. The summed E-state index contributed by atoms with van der Waals surface area (Å²) >= 11 is 1.45. The first-order valence-electron chi connectivity index (χ1n) is 6.71. The first kappa shape index (κ1) is 15.8. The van der Waals surface area contributed by atoms with Gasteiger partial charge in [0.15, 0.2) is 5.16 Å². The quantitative estimate of drug-likeness (QED) is 0.605. The third kappa shape index (κ3) is 5.00. The van der Waals surface area contributed by atoms with Crippen molar-refractivity contribution < 1.29 is 4.74 Å². The van der Waals surface area contributed by atoms with Crippen molar-refractivity contribution in [2.45, 2.75) is 23.5 Å². The zero-order chi connectivity index (χ0) is 15.1. The maximum absolute atomic E-state index is 11.2. The molecule has 0 aliphatic carbocycles. The molecule has 2 rings (SSSR count). The molecule has 0 amide bonds. The number of aromatic nitrogens is 2. The molecule has 1 heterocycles. The molecule has 112 valence electrons. The van der Waals surface area contributed by atoms with Gasteiger partial charge in [-0.05, 0) is 30.2 Å². The Balaban J connectivity index is 2.00. The molecule has 0 aliphatic rings. The second kappa shape index (κ2) is 7.97. The lowest BCUT2D eigenvalue weighted by molar-refractivity contribution is 0.199. The molecule has 0 unspecified atom stereocenters. The standard InChI is InChI=1S/C15H19N3O2S/c1-11-9-13(21-15-17-6-5-14(19)18-15)4-3-12(11)10-16-7-8-20-2/h3-6,9,16H,7-8,10H2,1-2H3,(H,17,18,19). The zero-order valence-electron chi connectivity index (χ0n) is 12.2. The van der Waals surface area contributed by atoms with E-state index in [1.165, 1.54) is 35.2 Å². The summed E-state index contributed by atoms with van der Waals surface area (Å²) in [5.74, 6) is 0. The fraction of sp³-hybridized carbons (Fsp3) is 0.333. The summed E-state index contributed by atoms with van der Waals surface area (Å²) in [5.41, 5.74) is 2.33. The van der Waals surface area contributed by atoms with E-state index in [1.54, 1.807) is 7.11 Å². The average molecular weight is 305 g/mol. The van der Waals surface area contributed by atoms with Gasteiger partial charge in [0.2, 0.25) is 0 Å². The van der Waals surface area contributed by atoms with E-state index >= 15 is 0 Å². The fourth-order valence-corrected chi connectivity index (χ4v) is 2.70. The Bertz CT molecular complexity index is 643. The van der Waals surface area contributed by atoms with Crippen LogP contribution in [0.2, 0.25) is 0 Å². The number of ether oxygens (including phenoxy) is 1. The second-order valence-corrected chi connectivity index (χ2v) is 5.66. The van der Waals surface area contributed by atoms with Crippen LogP contribution >= 0.6 is 11.8 Å². The number of methoxy groups -OCH3 is 1. The van der Waals surface area contributed by atoms with Crippen molar-refractivity contribution in [2.24, 2.45) is 0 Å². The van der Waals surface area contributed by atoms with Crippen LogP contribution in [0.3, 0.4) is 0 Å². The number of nitrogens with one attached hydrogen (secondary N) is 2. The summed E-state index contributed by atoms with van der Waals surface area (Å²) in [6.45, 7) is 4.45. The first-order chi connectivity index (χ1) is 10.2. The van der Waals surface area contributed by atoms with E-state index in [2.05, 4.69) is 34.3 Å². The monoisotopic (exact) mass is 305 g/mol. The summed E-state index contributed by atoms with van der Waals surface area (Å²) in [4.78, 5) is 19.1. The number of hydrogen-bond donors (Lipinski definition) is 2. The maximum Gasteiger partial charge on any atom is 0.251 e. The SMILES string of the molecule is COCCNCc1ccc(Sc2nccc(=O)[nH]2)cc1C. The van der Waals surface area contributed by atoms with Crippen molar-refractivity contribution in [2.75, 3.05) is 20.3 Å². The minimum atomic E-state index is -0.136. The normalized spacial score (nSPS) is 10.8. The van der Waals surface area contributed by atoms with Gasteiger partial charge in [-0.1, -0.05) is 17.8 Å². The third-order valence-corrected chi connectivity index (χ3v) is 3.87. The summed E-state index contributed by atoms with van der Waals surface area (Å²) in [6.07, 6.45) is 1.52. The lowest BCUT2D eigenvalue weighted by Crippen LogP contribution is -2.19. The van der Waals surface area contributed by atoms with Gasteiger partial charge >= 0.3 is 0 Å². The third-order valence-electron chi connectivity index (χ3n) is 2.97. The topological polar surface area (TPSA) is 67.0 Å². The molecule has 0 saturated carbocycles. The van der Waals surface area contributed by atoms with Crippen LogP contribution in [0.25, 0.3) is 0 Å². The van der Waals surface area contributed by atoms with Crippen LogP contribution in [0.1, 0.15) is 11.1 Å². The molecule has 0 aliphatic heterocycles. The molecule has 21 heavy (non-hydrogen) atoms. The number of hydrogen-bond acceptors (Lipinski definition) is 5. The van der Waals surface area contributed by atoms with Crippen LogP contribution in [0.5, 0.6) is 0 Å². The van der Waals surface area contributed by atoms with E-state index in [1.807, 2.05) is 6.07 Å². The Morgan fingerprint density at radius 2 is 2.24 bits per heavy atom. The second-order valence-electron chi connectivity index (χ2n) is 4.60. The van der Waals surface area contributed by atoms with Gasteiger partial charge in [-0.15, -0.1) is 0 Å². The number of nitrogens with zero attached hydrogens (tertiary/aromatic N) is 1. The van der Waals surface area contributed by atoms with Gasteiger partial charge < -0.3 is 15.0 Å². The molecular weight excluding hydrogens is 286 g/mol. The Hall–Kier alpha value is -1.63. The molecule has 1 aromatic carbocycles. The highest BCUT2D eigenvalue weighted by molar-refractivity contribution is 7.99. The molecule has 0 radical (unpaired) electrons. The van der Waals surface area contributed by atoms with Crippen LogP contribution in [0.15, 0.2) is 45.3 Å². The minimum Gasteiger partial charge on any atom is -0.383 e. The van der Waals surface area contributed by atoms with Crippen LogP contribution in [0, 0.1) is 6.92 Å². The van der Waals surface area contributed by atoms with E-state index in [9.17, 15) is 4.79 Å². The van der Waals surface area contributed by atoms with E-state index in [4.69, 9.17) is 4.74 Å². The van der Waals surface area contributed by atoms with Gasteiger partial charge in [0.1, 0.15) is 0 Å². The van der Waals surface area contributed by atoms with Gasteiger partial charge in [0.05, 0.1) is 6.61 Å². The summed E-state index contributed by atoms with van der Waals surface area (Å²) in [5, 5.41) is 3.93. The lowest BCUT2D eigenvalue weighted by Gasteiger charge is -2.09. The highest BCUT2D eigenvalue weighted by Crippen LogP contribution is 2.25. The Labute approximate surface area is 128 Å². The van der Waals surface area contributed by atoms with Crippen molar-refractivity contribution in [1.82, 2.24) is 15.3 Å². The molecule has 0 bridgehead atoms. The van der Waals surface area contributed by atoms with Crippen molar-refractivity contribution in [3.8, 4) is 0 Å². The van der Waals surface area contributed by atoms with Crippen molar-refractivity contribution >= 4 is 11.8 Å². The van der Waals surface area contributed by atoms with Crippen LogP contribution < -0.4 is 10.9 Å². The van der Waals surface area contributed by atoms with E-state index in [0.717, 1.165) is 18.0 Å². The fourth-order valence-electron chi connectivity index (χ4n) is 1.84. The highest BCUT2D eigenvalue weighted by Gasteiger charge is 2.03. The number of aromatic amines is 1. The number of benzene rings is 1. The lowest BCUT2D eigenvalue weighted by atomic mass is 10.1. The Morgan fingerprint density at radius 1 is 1.38 bits per heavy atom. The predicted molar refractivity (Wildman–Crippen MR) is 83.7 cm³/mol. The van der Waals surface area contributed by atoms with Gasteiger partial charge in [0, 0.05) is 37.4 Å². The highest BCUT2D eigenvalue weighted by atomic mass is 32.2. The molecular formula is C15H19N3O2S. The summed E-state index contributed by atoms with van der Waals surface area (Å²) in [6, 6.07) is 7.64. The van der Waals surface area contributed by atoms with E-state index in [-0.39, 0.29) is 5.56 Å². The minimum absolute atomic E-state index is 0.136. The number of H-pyrrole nitrogens is 1. The van der Waals surface area contributed by atoms with E-state index in [0.29, 0.717) is 11.8 Å². The first-order valence-corrected chi connectivity index (χ1v) is 7.53. The zero-order valence-corrected chi connectivity index (χ0v) is 13.0. The smallest absolute Gasteiger partial charge is 0.251 e. The molecule has 5 nitrogen and oxygen atoms in total. The maximum atomic E-state index is 11.2.